The van der Waals surface area contributed by atoms with Gasteiger partial charge in [-0.2, -0.15) is 10.5 Å². The summed E-state index contributed by atoms with van der Waals surface area (Å²) in [6, 6.07) is 4.31. The maximum Gasteiger partial charge on any atom is 0.211 e. The summed E-state index contributed by atoms with van der Waals surface area (Å²) in [6.07, 6.45) is 1.76. The van der Waals surface area contributed by atoms with Crippen LogP contribution in [0, 0.1) is 29.7 Å². The van der Waals surface area contributed by atoms with Gasteiger partial charge in [-0.15, -0.1) is 0 Å². The van der Waals surface area contributed by atoms with E-state index in [4.69, 9.17) is 28.3 Å². The number of nitrogens with one attached hydrogen (secondary N) is 2. The molecular weight excluding hydrogens is 356 g/mol. The Bertz CT molecular complexity index is 1030. The van der Waals surface area contributed by atoms with Gasteiger partial charge in [0.05, 0.1) is 5.69 Å². The van der Waals surface area contributed by atoms with Gasteiger partial charge in [0.1, 0.15) is 35.1 Å². The molecule has 0 aliphatic carbocycles. The zero-order valence-corrected chi connectivity index (χ0v) is 14.3. The molecular formula is C16H13ClN8O. The van der Waals surface area contributed by atoms with Crippen LogP contribution in [0.15, 0.2) is 17.1 Å². The fraction of sp³-hybridized carbons (Fsp3) is 0.125. The number of aromatic hydroxyl groups is 1. The highest BCUT2D eigenvalue weighted by Crippen LogP contribution is 2.44. The average molecular weight is 369 g/mol. The van der Waals surface area contributed by atoms with Crippen molar-refractivity contribution in [3.63, 3.8) is 0 Å². The van der Waals surface area contributed by atoms with Gasteiger partial charge in [-0.25, -0.2) is 9.98 Å². The maximum absolute atomic E-state index is 10.5. The SMILES string of the molecule is Cc1c(Cl)ccc(C2N=C(NC#N)Nc3nc(N)c(C#N)c(N)c32)c1O. The first-order chi connectivity index (χ1) is 12.4. The van der Waals surface area contributed by atoms with Gasteiger partial charge in [-0.3, -0.25) is 5.32 Å². The van der Waals surface area contributed by atoms with Crippen molar-refractivity contribution in [2.75, 3.05) is 16.8 Å². The molecule has 10 heteroatoms. The molecule has 0 radical (unpaired) electrons. The molecule has 26 heavy (non-hydrogen) atoms. The molecule has 0 saturated carbocycles. The predicted octanol–water partition coefficient (Wildman–Crippen LogP) is 1.73. The minimum absolute atomic E-state index is 0.0209. The highest BCUT2D eigenvalue weighted by molar-refractivity contribution is 6.31. The number of hydrogen-bond donors (Lipinski definition) is 5. The third kappa shape index (κ3) is 2.57. The van der Waals surface area contributed by atoms with Crippen molar-refractivity contribution in [2.45, 2.75) is 13.0 Å². The Balaban J connectivity index is 2.31. The van der Waals surface area contributed by atoms with Gasteiger partial charge in [0.25, 0.3) is 0 Å². The third-order valence-electron chi connectivity index (χ3n) is 4.05. The number of benzene rings is 1. The lowest BCUT2D eigenvalue weighted by Gasteiger charge is -2.27. The van der Waals surface area contributed by atoms with Crippen LogP contribution in [0.3, 0.4) is 0 Å². The van der Waals surface area contributed by atoms with Gasteiger partial charge >= 0.3 is 0 Å². The lowest BCUT2D eigenvalue weighted by Crippen LogP contribution is -2.32. The summed E-state index contributed by atoms with van der Waals surface area (Å²) in [7, 11) is 0. The summed E-state index contributed by atoms with van der Waals surface area (Å²) >= 11 is 6.04. The molecule has 1 aliphatic heterocycles. The maximum atomic E-state index is 10.5. The molecule has 3 rings (SSSR count). The van der Waals surface area contributed by atoms with E-state index in [9.17, 15) is 10.4 Å². The number of nitrogens with zero attached hydrogens (tertiary/aromatic N) is 4. The van der Waals surface area contributed by atoms with E-state index >= 15 is 0 Å². The smallest absolute Gasteiger partial charge is 0.211 e. The van der Waals surface area contributed by atoms with Crippen LogP contribution in [-0.2, 0) is 0 Å². The van der Waals surface area contributed by atoms with Gasteiger partial charge in [-0.05, 0) is 13.0 Å². The van der Waals surface area contributed by atoms with Crippen molar-refractivity contribution in [3.8, 4) is 18.0 Å². The van der Waals surface area contributed by atoms with Gasteiger partial charge in [0.15, 0.2) is 6.19 Å². The Labute approximate surface area is 153 Å². The molecule has 1 unspecified atom stereocenters. The van der Waals surface area contributed by atoms with Gasteiger partial charge in [0.2, 0.25) is 5.96 Å². The zero-order valence-electron chi connectivity index (χ0n) is 13.5. The van der Waals surface area contributed by atoms with Crippen LogP contribution >= 0.6 is 11.6 Å². The Morgan fingerprint density at radius 3 is 2.73 bits per heavy atom. The van der Waals surface area contributed by atoms with Crippen molar-refractivity contribution < 1.29 is 5.11 Å². The van der Waals surface area contributed by atoms with E-state index in [0.29, 0.717) is 21.7 Å². The first kappa shape index (κ1) is 17.1. The molecule has 130 valence electrons. The lowest BCUT2D eigenvalue weighted by atomic mass is 9.93. The van der Waals surface area contributed by atoms with Gasteiger partial charge < -0.3 is 21.9 Å². The van der Waals surface area contributed by atoms with Crippen LogP contribution in [0.25, 0.3) is 0 Å². The number of phenols is 1. The van der Waals surface area contributed by atoms with Crippen LogP contribution in [0.1, 0.15) is 28.3 Å². The molecule has 1 aromatic heterocycles. The van der Waals surface area contributed by atoms with Crippen molar-refractivity contribution >= 4 is 34.9 Å². The summed E-state index contributed by atoms with van der Waals surface area (Å²) in [4.78, 5) is 8.53. The number of pyridine rings is 1. The number of halogens is 1. The Kier molecular flexibility index (Phi) is 4.16. The number of rotatable bonds is 1. The molecule has 7 N–H and O–H groups in total. The minimum atomic E-state index is -0.821. The highest BCUT2D eigenvalue weighted by Gasteiger charge is 2.31. The highest BCUT2D eigenvalue weighted by atomic mass is 35.5. The quantitative estimate of drug-likeness (QED) is 0.374. The molecule has 0 saturated heterocycles. The molecule has 1 atom stereocenters. The number of nitriles is 2. The lowest BCUT2D eigenvalue weighted by molar-refractivity contribution is 0.461. The van der Waals surface area contributed by atoms with Crippen LogP contribution in [0.2, 0.25) is 5.02 Å². The van der Waals surface area contributed by atoms with Crippen LogP contribution < -0.4 is 22.1 Å². The van der Waals surface area contributed by atoms with Crippen molar-refractivity contribution in [2.24, 2.45) is 4.99 Å². The first-order valence-corrected chi connectivity index (χ1v) is 7.73. The van der Waals surface area contributed by atoms with Crippen molar-refractivity contribution in [1.82, 2.24) is 10.3 Å². The molecule has 0 fully saturated rings. The molecule has 1 aliphatic rings. The van der Waals surface area contributed by atoms with Crippen LogP contribution in [-0.4, -0.2) is 16.1 Å². The number of nitrogen functional groups attached to an aromatic ring is 2. The van der Waals surface area contributed by atoms with Gasteiger partial charge in [-0.1, -0.05) is 17.7 Å². The first-order valence-electron chi connectivity index (χ1n) is 7.35. The number of anilines is 3. The van der Waals surface area contributed by atoms with E-state index in [0.717, 1.165) is 0 Å². The number of aliphatic imine (C=N–C) groups is 1. The summed E-state index contributed by atoms with van der Waals surface area (Å²) in [6.45, 7) is 1.66. The van der Waals surface area contributed by atoms with E-state index in [1.54, 1.807) is 25.2 Å². The number of phenolic OH excluding ortho intramolecular Hbond substituents is 1. The second-order valence-corrected chi connectivity index (χ2v) is 5.92. The van der Waals surface area contributed by atoms with Crippen LogP contribution in [0.5, 0.6) is 5.75 Å². The van der Waals surface area contributed by atoms with Crippen LogP contribution in [0.4, 0.5) is 17.3 Å². The minimum Gasteiger partial charge on any atom is -0.507 e. The fourth-order valence-corrected chi connectivity index (χ4v) is 2.88. The van der Waals surface area contributed by atoms with E-state index in [1.165, 1.54) is 0 Å². The molecule has 2 heterocycles. The molecule has 2 aromatic rings. The van der Waals surface area contributed by atoms with Crippen molar-refractivity contribution in [3.05, 3.63) is 39.4 Å². The predicted molar refractivity (Wildman–Crippen MR) is 97.3 cm³/mol. The standard InChI is InChI=1S/C16H13ClN8O/c1-6-9(17)3-2-7(13(6)26)12-10-11(20)8(4-18)14(21)24-15(10)25-16(23-12)22-5-19/h2-3,12,26H,1H3,(H6,20,21,22,23,24,25). The molecule has 1 aromatic carbocycles. The molecule has 9 nitrogen and oxygen atoms in total. The number of guanidine groups is 1. The average Bonchev–Trinajstić information content (AvgIpc) is 2.59. The zero-order chi connectivity index (χ0) is 19.0. The fourth-order valence-electron chi connectivity index (χ4n) is 2.72. The second kappa shape index (κ2) is 6.31. The third-order valence-corrected chi connectivity index (χ3v) is 4.46. The van der Waals surface area contributed by atoms with Gasteiger partial charge in [0, 0.05) is 21.7 Å². The topological polar surface area (TPSA) is 169 Å². The number of aromatic nitrogens is 1. The molecule has 0 bridgehead atoms. The normalized spacial score (nSPS) is 15.1. The molecule has 0 spiro atoms. The Morgan fingerprint density at radius 1 is 1.35 bits per heavy atom. The summed E-state index contributed by atoms with van der Waals surface area (Å²) in [5, 5.41) is 34.3. The summed E-state index contributed by atoms with van der Waals surface area (Å²) in [5.74, 6) is 0.228. The van der Waals surface area contributed by atoms with Crippen molar-refractivity contribution in [1.29, 1.82) is 10.5 Å². The van der Waals surface area contributed by atoms with E-state index in [-0.39, 0.29) is 34.6 Å². The monoisotopic (exact) mass is 368 g/mol. The van der Waals surface area contributed by atoms with E-state index in [2.05, 4.69) is 20.6 Å². The van der Waals surface area contributed by atoms with E-state index < -0.39 is 6.04 Å². The summed E-state index contributed by atoms with van der Waals surface area (Å²) < 4.78 is 0. The summed E-state index contributed by atoms with van der Waals surface area (Å²) in [5.41, 5.74) is 13.3. The molecule has 0 amide bonds. The Morgan fingerprint density at radius 2 is 2.08 bits per heavy atom. The second-order valence-electron chi connectivity index (χ2n) is 5.51. The number of nitrogens with two attached hydrogens (primary N) is 2. The number of fused-ring (bicyclic) bond motifs is 1. The number of hydrogen-bond acceptors (Lipinski definition) is 9. The largest absolute Gasteiger partial charge is 0.507 e. The van der Waals surface area contributed by atoms with E-state index in [1.807, 2.05) is 6.07 Å². The Hall–Kier alpha value is -3.69.